The SMILES string of the molecule is C=CC(C/C=C(\C)Sc1ccccc1C(Cc1ccc(Cl)c(Cl)c1)=NC)C(=O)NCCOC. The van der Waals surface area contributed by atoms with Gasteiger partial charge >= 0.3 is 0 Å². The van der Waals surface area contributed by atoms with E-state index in [4.69, 9.17) is 27.9 Å². The Morgan fingerprint density at radius 1 is 1.24 bits per heavy atom. The molecule has 4 nitrogen and oxygen atoms in total. The Balaban J connectivity index is 2.12. The summed E-state index contributed by atoms with van der Waals surface area (Å²) in [4.78, 5) is 19.1. The van der Waals surface area contributed by atoms with Crippen molar-refractivity contribution in [1.82, 2.24) is 5.32 Å². The van der Waals surface area contributed by atoms with Gasteiger partial charge in [0.25, 0.3) is 0 Å². The van der Waals surface area contributed by atoms with Crippen LogP contribution in [-0.2, 0) is 16.0 Å². The van der Waals surface area contributed by atoms with Crippen LogP contribution < -0.4 is 5.32 Å². The quantitative estimate of drug-likeness (QED) is 0.153. The largest absolute Gasteiger partial charge is 0.383 e. The van der Waals surface area contributed by atoms with Crippen molar-refractivity contribution in [3.63, 3.8) is 0 Å². The summed E-state index contributed by atoms with van der Waals surface area (Å²) >= 11 is 13.9. The molecule has 0 aromatic heterocycles. The second kappa shape index (κ2) is 14.3. The molecule has 0 aliphatic carbocycles. The Labute approximate surface area is 211 Å². The molecule has 1 N–H and O–H groups in total. The Hall–Kier alpha value is -2.05. The van der Waals surface area contributed by atoms with Crippen molar-refractivity contribution in [2.24, 2.45) is 10.9 Å². The van der Waals surface area contributed by atoms with Gasteiger partial charge in [-0.1, -0.05) is 71.4 Å². The Morgan fingerprint density at radius 2 is 2.00 bits per heavy atom. The fraction of sp³-hybridized carbons (Fsp3) is 0.308. The minimum Gasteiger partial charge on any atom is -0.383 e. The lowest BCUT2D eigenvalue weighted by Crippen LogP contribution is -2.32. The highest BCUT2D eigenvalue weighted by Crippen LogP contribution is 2.31. The minimum absolute atomic E-state index is 0.0430. The van der Waals surface area contributed by atoms with Crippen LogP contribution in [0.1, 0.15) is 24.5 Å². The predicted octanol–water partition coefficient (Wildman–Crippen LogP) is 6.61. The van der Waals surface area contributed by atoms with Crippen molar-refractivity contribution in [3.8, 4) is 0 Å². The van der Waals surface area contributed by atoms with E-state index in [-0.39, 0.29) is 11.8 Å². The lowest BCUT2D eigenvalue weighted by atomic mass is 10.0. The number of aliphatic imine (C=N–C) groups is 1. The van der Waals surface area contributed by atoms with Crippen molar-refractivity contribution < 1.29 is 9.53 Å². The van der Waals surface area contributed by atoms with Crippen LogP contribution in [0.3, 0.4) is 0 Å². The summed E-state index contributed by atoms with van der Waals surface area (Å²) in [6, 6.07) is 13.8. The number of rotatable bonds is 12. The topological polar surface area (TPSA) is 50.7 Å². The predicted molar refractivity (Wildman–Crippen MR) is 142 cm³/mol. The first-order chi connectivity index (χ1) is 15.9. The van der Waals surface area contributed by atoms with Gasteiger partial charge in [0.15, 0.2) is 0 Å². The first-order valence-electron chi connectivity index (χ1n) is 10.6. The smallest absolute Gasteiger partial charge is 0.227 e. The van der Waals surface area contributed by atoms with E-state index >= 15 is 0 Å². The highest BCUT2D eigenvalue weighted by atomic mass is 35.5. The molecule has 0 spiro atoms. The highest BCUT2D eigenvalue weighted by molar-refractivity contribution is 8.03. The van der Waals surface area contributed by atoms with Crippen LogP contribution in [0.2, 0.25) is 10.0 Å². The molecule has 2 aromatic rings. The number of nitrogens with one attached hydrogen (secondary N) is 1. The van der Waals surface area contributed by atoms with Gasteiger partial charge in [0.2, 0.25) is 5.91 Å². The maximum atomic E-state index is 12.3. The molecule has 7 heteroatoms. The molecule has 2 aromatic carbocycles. The summed E-state index contributed by atoms with van der Waals surface area (Å²) in [5.74, 6) is -0.325. The second-order valence-electron chi connectivity index (χ2n) is 7.37. The summed E-state index contributed by atoms with van der Waals surface area (Å²) in [6.07, 6.45) is 4.99. The van der Waals surface area contributed by atoms with E-state index < -0.39 is 0 Å². The fourth-order valence-corrected chi connectivity index (χ4v) is 4.45. The van der Waals surface area contributed by atoms with Crippen molar-refractivity contribution >= 4 is 46.6 Å². The molecular weight excluding hydrogens is 475 g/mol. The van der Waals surface area contributed by atoms with Crippen molar-refractivity contribution in [2.45, 2.75) is 24.7 Å². The number of ether oxygens (including phenoxy) is 1. The van der Waals surface area contributed by atoms with Crippen LogP contribution in [0.4, 0.5) is 0 Å². The third kappa shape index (κ3) is 8.67. The number of carbonyl (C=O) groups is 1. The molecule has 176 valence electrons. The lowest BCUT2D eigenvalue weighted by molar-refractivity contribution is -0.123. The molecule has 0 bridgehead atoms. The van der Waals surface area contributed by atoms with Gasteiger partial charge < -0.3 is 10.1 Å². The first-order valence-corrected chi connectivity index (χ1v) is 12.2. The molecule has 33 heavy (non-hydrogen) atoms. The monoisotopic (exact) mass is 504 g/mol. The van der Waals surface area contributed by atoms with Crippen molar-refractivity contribution in [3.05, 3.63) is 87.3 Å². The molecule has 0 heterocycles. The van der Waals surface area contributed by atoms with E-state index in [0.29, 0.717) is 36.0 Å². The average Bonchev–Trinajstić information content (AvgIpc) is 2.81. The zero-order valence-electron chi connectivity index (χ0n) is 19.2. The zero-order chi connectivity index (χ0) is 24.2. The van der Waals surface area contributed by atoms with Gasteiger partial charge in [-0.15, -0.1) is 6.58 Å². The van der Waals surface area contributed by atoms with E-state index in [2.05, 4.69) is 35.1 Å². The number of allylic oxidation sites excluding steroid dienone is 2. The van der Waals surface area contributed by atoms with Crippen LogP contribution in [0.25, 0.3) is 0 Å². The Bertz CT molecular complexity index is 1020. The standard InChI is InChI=1S/C26H30Cl2N2O2S/c1-5-20(26(31)30-14-15-32-4)12-10-18(2)33-25-9-7-6-8-21(25)24(29-3)17-19-11-13-22(27)23(28)16-19/h5-11,13,16,20H,1,12,14-15,17H2,2-4H3,(H,30,31)/b18-10+,29-24?. The Kier molecular flexibility index (Phi) is 11.8. The van der Waals surface area contributed by atoms with E-state index in [1.54, 1.807) is 32.0 Å². The second-order valence-corrected chi connectivity index (χ2v) is 9.47. The number of hydrogen-bond donors (Lipinski definition) is 1. The summed E-state index contributed by atoms with van der Waals surface area (Å²) in [7, 11) is 3.41. The molecular formula is C26H30Cl2N2O2S. The minimum atomic E-state index is -0.282. The molecule has 0 aliphatic heterocycles. The molecule has 1 unspecified atom stereocenters. The van der Waals surface area contributed by atoms with Crippen LogP contribution in [-0.4, -0.2) is 38.9 Å². The first kappa shape index (κ1) is 27.2. The number of amides is 1. The molecule has 0 saturated carbocycles. The molecule has 0 saturated heterocycles. The van der Waals surface area contributed by atoms with Gasteiger partial charge in [0, 0.05) is 43.3 Å². The Morgan fingerprint density at radius 3 is 2.67 bits per heavy atom. The number of hydrogen-bond acceptors (Lipinski definition) is 4. The fourth-order valence-electron chi connectivity index (χ4n) is 3.16. The van der Waals surface area contributed by atoms with Gasteiger partial charge in [-0.25, -0.2) is 0 Å². The van der Waals surface area contributed by atoms with E-state index in [1.165, 1.54) is 0 Å². The summed E-state index contributed by atoms with van der Waals surface area (Å²) in [5.41, 5.74) is 3.08. The highest BCUT2D eigenvalue weighted by Gasteiger charge is 2.14. The number of carbonyl (C=O) groups excluding carboxylic acids is 1. The maximum Gasteiger partial charge on any atom is 0.227 e. The number of nitrogens with zero attached hydrogens (tertiary/aromatic N) is 1. The van der Waals surface area contributed by atoms with E-state index in [1.807, 2.05) is 37.3 Å². The molecule has 1 amide bonds. The number of thioether (sulfide) groups is 1. The molecule has 0 radical (unpaired) electrons. The molecule has 2 rings (SSSR count). The lowest BCUT2D eigenvalue weighted by Gasteiger charge is -2.14. The number of halogens is 2. The van der Waals surface area contributed by atoms with Crippen LogP contribution >= 0.6 is 35.0 Å². The van der Waals surface area contributed by atoms with Crippen molar-refractivity contribution in [2.75, 3.05) is 27.3 Å². The van der Waals surface area contributed by atoms with E-state index in [9.17, 15) is 4.79 Å². The zero-order valence-corrected chi connectivity index (χ0v) is 21.6. The molecule has 0 aliphatic rings. The van der Waals surface area contributed by atoms with Gasteiger partial charge in [0.05, 0.1) is 22.6 Å². The third-order valence-electron chi connectivity index (χ3n) is 4.98. The van der Waals surface area contributed by atoms with Gasteiger partial charge in [-0.3, -0.25) is 9.79 Å². The van der Waals surface area contributed by atoms with Crippen LogP contribution in [0.5, 0.6) is 0 Å². The van der Waals surface area contributed by atoms with Crippen LogP contribution in [0.15, 0.2) is 76.0 Å². The normalized spacial score (nSPS) is 13.0. The molecule has 1 atom stereocenters. The van der Waals surface area contributed by atoms with Gasteiger partial charge in [-0.2, -0.15) is 0 Å². The maximum absolute atomic E-state index is 12.3. The van der Waals surface area contributed by atoms with Crippen molar-refractivity contribution in [1.29, 1.82) is 0 Å². The number of benzene rings is 2. The summed E-state index contributed by atoms with van der Waals surface area (Å²) in [6.45, 7) is 6.83. The third-order valence-corrected chi connectivity index (χ3v) is 6.78. The average molecular weight is 506 g/mol. The van der Waals surface area contributed by atoms with Gasteiger partial charge in [0.1, 0.15) is 0 Å². The van der Waals surface area contributed by atoms with E-state index in [0.717, 1.165) is 26.6 Å². The molecule has 0 fully saturated rings. The summed E-state index contributed by atoms with van der Waals surface area (Å²) in [5, 5.41) is 3.94. The summed E-state index contributed by atoms with van der Waals surface area (Å²) < 4.78 is 4.98. The van der Waals surface area contributed by atoms with Gasteiger partial charge in [-0.05, 0) is 42.0 Å². The number of methoxy groups -OCH3 is 1. The van der Waals surface area contributed by atoms with Crippen LogP contribution in [0, 0.1) is 5.92 Å².